The van der Waals surface area contributed by atoms with Gasteiger partial charge in [-0.1, -0.05) is 180 Å². The second-order valence-corrected chi connectivity index (χ2v) is 20.9. The van der Waals surface area contributed by atoms with Crippen molar-refractivity contribution in [2.45, 2.75) is 84.0 Å². The van der Waals surface area contributed by atoms with Gasteiger partial charge < -0.3 is 0 Å². The van der Waals surface area contributed by atoms with Gasteiger partial charge in [-0.05, 0) is 10.1 Å². The van der Waals surface area contributed by atoms with Gasteiger partial charge in [0.05, 0.1) is 0 Å². The summed E-state index contributed by atoms with van der Waals surface area (Å²) in [6.07, 6.45) is 3.67. The van der Waals surface area contributed by atoms with Crippen molar-refractivity contribution >= 4 is 36.9 Å². The van der Waals surface area contributed by atoms with Crippen LogP contribution in [0.3, 0.4) is 0 Å². The Balaban J connectivity index is 2.17. The fraction of sp³-hybridized carbons (Fsp3) is 0.419. The summed E-state index contributed by atoms with van der Waals surface area (Å²) in [6, 6.07) is 32.7. The van der Waals surface area contributed by atoms with Gasteiger partial charge in [0.2, 0.25) is 0 Å². The summed E-state index contributed by atoms with van der Waals surface area (Å²) < 4.78 is 0. The Hall–Kier alpha value is -1.91. The molecular weight excluding hydrogens is 429 g/mol. The van der Waals surface area contributed by atoms with Crippen molar-refractivity contribution in [2.24, 2.45) is 0 Å². The minimum absolute atomic E-state index is 0.275. The molecule has 2 atom stereocenters. The highest BCUT2D eigenvalue weighted by Gasteiger charge is 2.47. The van der Waals surface area contributed by atoms with E-state index in [1.165, 1.54) is 19.3 Å². The largest absolute Gasteiger partial charge is 0.120 e. The lowest BCUT2D eigenvalue weighted by atomic mass is 10.1. The van der Waals surface area contributed by atoms with Crippen LogP contribution >= 0.6 is 0 Å². The molecule has 0 N–H and O–H groups in total. The maximum Gasteiger partial charge on any atom is 0.120 e. The van der Waals surface area contributed by atoms with E-state index in [1.54, 1.807) is 20.7 Å². The molecule has 33 heavy (non-hydrogen) atoms. The van der Waals surface area contributed by atoms with Crippen LogP contribution in [-0.2, 0) is 0 Å². The molecule has 0 aliphatic carbocycles. The summed E-state index contributed by atoms with van der Waals surface area (Å²) in [5.74, 6) is 0. The van der Waals surface area contributed by atoms with Crippen LogP contribution in [0.15, 0.2) is 84.9 Å². The van der Waals surface area contributed by atoms with Crippen LogP contribution in [0.1, 0.15) is 60.8 Å². The molecule has 0 amide bonds. The molecule has 0 heterocycles. The van der Waals surface area contributed by atoms with Gasteiger partial charge in [0, 0.05) is 0 Å². The van der Waals surface area contributed by atoms with Crippen molar-refractivity contribution in [2.75, 3.05) is 0 Å². The van der Waals surface area contributed by atoms with Gasteiger partial charge in [0.1, 0.15) is 16.1 Å². The molecule has 3 rings (SSSR count). The number of benzene rings is 3. The van der Waals surface area contributed by atoms with Crippen LogP contribution in [0.25, 0.3) is 0 Å². The fourth-order valence-electron chi connectivity index (χ4n) is 5.80. The Morgan fingerprint density at radius 2 is 0.848 bits per heavy atom. The van der Waals surface area contributed by atoms with Crippen molar-refractivity contribution in [3.8, 4) is 0 Å². The Kier molecular flexibility index (Phi) is 7.60. The molecule has 0 bridgehead atoms. The van der Waals surface area contributed by atoms with E-state index in [0.29, 0.717) is 0 Å². The molecule has 0 aliphatic heterocycles. The van der Waals surface area contributed by atoms with E-state index in [-0.39, 0.29) is 10.1 Å². The maximum absolute atomic E-state index is 2.59. The predicted molar refractivity (Wildman–Crippen MR) is 154 cm³/mol. The molecule has 2 heteroatoms. The van der Waals surface area contributed by atoms with Crippen molar-refractivity contribution in [3.05, 3.63) is 84.9 Å². The highest BCUT2D eigenvalue weighted by atomic mass is 28.3. The number of hydrogen-bond acceptors (Lipinski definition) is 0. The van der Waals surface area contributed by atoms with Gasteiger partial charge in [-0.25, -0.2) is 0 Å². The van der Waals surface area contributed by atoms with E-state index in [2.05, 4.69) is 140 Å². The lowest BCUT2D eigenvalue weighted by Crippen LogP contribution is -2.64. The van der Waals surface area contributed by atoms with E-state index in [1.807, 2.05) is 0 Å². The SMILES string of the molecule is CCCC(C)(C)[Si](C)(c1ccccc1)c1ccc([Si](C)(c2ccccc2)C(C)(C)CC)cc1. The van der Waals surface area contributed by atoms with Crippen molar-refractivity contribution in [1.29, 1.82) is 0 Å². The van der Waals surface area contributed by atoms with Crippen LogP contribution in [-0.4, -0.2) is 16.1 Å². The molecule has 0 spiro atoms. The summed E-state index contributed by atoms with van der Waals surface area (Å²) in [5, 5.41) is 6.77. The predicted octanol–water partition coefficient (Wildman–Crippen LogP) is 6.84. The minimum Gasteiger partial charge on any atom is -0.0654 e. The molecule has 0 radical (unpaired) electrons. The molecule has 0 saturated carbocycles. The molecule has 0 saturated heterocycles. The first-order chi connectivity index (χ1) is 15.5. The third-order valence-electron chi connectivity index (χ3n) is 9.21. The first-order valence-electron chi connectivity index (χ1n) is 12.8. The third kappa shape index (κ3) is 4.45. The third-order valence-corrected chi connectivity index (χ3v) is 21.2. The summed E-state index contributed by atoms with van der Waals surface area (Å²) in [7, 11) is -3.89. The molecule has 176 valence electrons. The number of hydrogen-bond donors (Lipinski definition) is 0. The highest BCUT2D eigenvalue weighted by molar-refractivity contribution is 7.04. The molecule has 0 aliphatic rings. The second-order valence-electron chi connectivity index (χ2n) is 11.4. The average molecular weight is 473 g/mol. The van der Waals surface area contributed by atoms with E-state index >= 15 is 0 Å². The fourth-order valence-corrected chi connectivity index (χ4v) is 14.4. The standard InChI is InChI=1S/C31H44Si2/c1-9-25-31(5,6)33(8,27-19-15-12-16-20-27)29-23-21-28(22-24-29)32(7,30(3,4)10-2)26-17-13-11-14-18-26/h11-24H,9-10,25H2,1-8H3. The van der Waals surface area contributed by atoms with Gasteiger partial charge in [0.25, 0.3) is 0 Å². The van der Waals surface area contributed by atoms with Gasteiger partial charge in [-0.2, -0.15) is 0 Å². The van der Waals surface area contributed by atoms with E-state index < -0.39 is 16.1 Å². The molecule has 3 aromatic carbocycles. The summed E-state index contributed by atoms with van der Waals surface area (Å²) in [6.45, 7) is 19.8. The zero-order valence-electron chi connectivity index (χ0n) is 22.2. The normalized spacial score (nSPS) is 16.1. The Morgan fingerprint density at radius 1 is 0.515 bits per heavy atom. The van der Waals surface area contributed by atoms with E-state index in [4.69, 9.17) is 0 Å². The van der Waals surface area contributed by atoms with Crippen LogP contribution in [0, 0.1) is 0 Å². The minimum atomic E-state index is -1.95. The number of rotatable bonds is 9. The van der Waals surface area contributed by atoms with Crippen LogP contribution < -0.4 is 20.7 Å². The smallest absolute Gasteiger partial charge is 0.0654 e. The topological polar surface area (TPSA) is 0 Å². The summed E-state index contributed by atoms with van der Waals surface area (Å²) in [4.78, 5) is 0. The van der Waals surface area contributed by atoms with Crippen molar-refractivity contribution in [3.63, 3.8) is 0 Å². The average Bonchev–Trinajstić information content (AvgIpc) is 2.84. The van der Waals surface area contributed by atoms with Gasteiger partial charge in [0.15, 0.2) is 0 Å². The van der Waals surface area contributed by atoms with Gasteiger partial charge in [-0.3, -0.25) is 0 Å². The maximum atomic E-state index is 2.59. The van der Waals surface area contributed by atoms with Crippen LogP contribution in [0.4, 0.5) is 0 Å². The highest BCUT2D eigenvalue weighted by Crippen LogP contribution is 2.42. The lowest BCUT2D eigenvalue weighted by molar-refractivity contribution is 0.580. The molecule has 0 nitrogen and oxygen atoms in total. The molecular formula is C31H44Si2. The van der Waals surface area contributed by atoms with Gasteiger partial charge in [-0.15, -0.1) is 0 Å². The monoisotopic (exact) mass is 472 g/mol. The Labute approximate surface area is 205 Å². The lowest BCUT2D eigenvalue weighted by Gasteiger charge is -2.45. The van der Waals surface area contributed by atoms with Crippen molar-refractivity contribution < 1.29 is 0 Å². The molecule has 2 unspecified atom stereocenters. The van der Waals surface area contributed by atoms with Gasteiger partial charge >= 0.3 is 0 Å². The van der Waals surface area contributed by atoms with E-state index in [0.717, 1.165) is 0 Å². The zero-order chi connectivity index (χ0) is 24.3. The quantitative estimate of drug-likeness (QED) is 0.299. The second kappa shape index (κ2) is 9.76. The first-order valence-corrected chi connectivity index (χ1v) is 17.8. The first kappa shape index (κ1) is 25.7. The summed E-state index contributed by atoms with van der Waals surface area (Å²) >= 11 is 0. The molecule has 0 aromatic heterocycles. The van der Waals surface area contributed by atoms with Crippen molar-refractivity contribution in [1.82, 2.24) is 0 Å². The summed E-state index contributed by atoms with van der Waals surface area (Å²) in [5.41, 5.74) is 0. The van der Waals surface area contributed by atoms with Crippen LogP contribution in [0.5, 0.6) is 0 Å². The Morgan fingerprint density at radius 3 is 1.18 bits per heavy atom. The molecule has 3 aromatic rings. The molecule has 0 fully saturated rings. The zero-order valence-corrected chi connectivity index (χ0v) is 24.2. The van der Waals surface area contributed by atoms with Crippen LogP contribution in [0.2, 0.25) is 23.2 Å². The Bertz CT molecular complexity index is 1020. The van der Waals surface area contributed by atoms with E-state index in [9.17, 15) is 0 Å².